The third-order valence-corrected chi connectivity index (χ3v) is 5.08. The molecule has 1 amide bonds. The van der Waals surface area contributed by atoms with E-state index in [0.29, 0.717) is 10.8 Å². The molecule has 4 rings (SSSR count). The molecule has 0 saturated carbocycles. The number of fused-ring (bicyclic) bond motifs is 1. The summed E-state index contributed by atoms with van der Waals surface area (Å²) in [5.41, 5.74) is 3.27. The predicted molar refractivity (Wildman–Crippen MR) is 110 cm³/mol. The summed E-state index contributed by atoms with van der Waals surface area (Å²) in [4.78, 5) is 29.0. The molecule has 142 valence electrons. The maximum absolute atomic E-state index is 12.3. The van der Waals surface area contributed by atoms with Gasteiger partial charge in [-0.15, -0.1) is 16.4 Å². The van der Waals surface area contributed by atoms with Gasteiger partial charge in [0.25, 0.3) is 0 Å². The highest BCUT2D eigenvalue weighted by atomic mass is 32.1. The first kappa shape index (κ1) is 18.1. The smallest absolute Gasteiger partial charge is 0.300 e. The Bertz CT molecular complexity index is 1170. The fraction of sp³-hybridized carbons (Fsp3) is 0.200. The summed E-state index contributed by atoms with van der Waals surface area (Å²) >= 11 is 1.35. The Kier molecular flexibility index (Phi) is 5.03. The van der Waals surface area contributed by atoms with Crippen molar-refractivity contribution >= 4 is 28.0 Å². The molecule has 0 spiro atoms. The van der Waals surface area contributed by atoms with Crippen molar-refractivity contribution in [2.24, 2.45) is 0 Å². The molecule has 0 unspecified atom stereocenters. The van der Waals surface area contributed by atoms with Gasteiger partial charge in [0.15, 0.2) is 10.8 Å². The topological polar surface area (TPSA) is 81.3 Å². The zero-order valence-electron chi connectivity index (χ0n) is 15.3. The van der Waals surface area contributed by atoms with E-state index >= 15 is 0 Å². The summed E-state index contributed by atoms with van der Waals surface area (Å²) < 4.78 is 2.54. The van der Waals surface area contributed by atoms with Crippen LogP contribution in [0, 0.1) is 0 Å². The second-order valence-electron chi connectivity index (χ2n) is 6.40. The van der Waals surface area contributed by atoms with Gasteiger partial charge in [-0.2, -0.15) is 0 Å². The number of hydrogen-bond donors (Lipinski definition) is 1. The Balaban J connectivity index is 1.45. The molecule has 3 heterocycles. The normalized spacial score (nSPS) is 11.0. The Morgan fingerprint density at radius 2 is 2.00 bits per heavy atom. The van der Waals surface area contributed by atoms with Crippen molar-refractivity contribution in [2.75, 3.05) is 5.32 Å². The Hall–Kier alpha value is -3.26. The van der Waals surface area contributed by atoms with Crippen LogP contribution in [0.1, 0.15) is 18.9 Å². The van der Waals surface area contributed by atoms with E-state index in [0.717, 1.165) is 28.8 Å². The number of carbonyl (C=O) groups is 1. The minimum Gasteiger partial charge on any atom is -0.300 e. The molecule has 28 heavy (non-hydrogen) atoms. The van der Waals surface area contributed by atoms with E-state index in [1.807, 2.05) is 17.5 Å². The molecule has 7 nitrogen and oxygen atoms in total. The highest BCUT2D eigenvalue weighted by molar-refractivity contribution is 7.14. The zero-order chi connectivity index (χ0) is 19.5. The number of anilines is 1. The Labute approximate surface area is 165 Å². The quantitative estimate of drug-likeness (QED) is 0.545. The van der Waals surface area contributed by atoms with Crippen LogP contribution in [0.5, 0.6) is 0 Å². The van der Waals surface area contributed by atoms with E-state index in [4.69, 9.17) is 0 Å². The number of aromatic nitrogens is 4. The Morgan fingerprint density at radius 1 is 1.18 bits per heavy atom. The SMILES string of the molecule is CCCc1ccc(-c2csc(NC(=O)Cn3nc4ccccn4c3=O)n2)cc1. The summed E-state index contributed by atoms with van der Waals surface area (Å²) in [7, 11) is 0. The molecule has 3 aromatic heterocycles. The van der Waals surface area contributed by atoms with E-state index in [1.54, 1.807) is 24.4 Å². The van der Waals surface area contributed by atoms with Gasteiger partial charge in [0, 0.05) is 17.1 Å². The number of rotatable bonds is 6. The minimum atomic E-state index is -0.349. The molecule has 0 aliphatic heterocycles. The first-order valence-electron chi connectivity index (χ1n) is 9.03. The molecule has 0 fully saturated rings. The molecule has 0 saturated heterocycles. The summed E-state index contributed by atoms with van der Waals surface area (Å²) in [6.45, 7) is 1.99. The predicted octanol–water partition coefficient (Wildman–Crippen LogP) is 3.21. The van der Waals surface area contributed by atoms with Crippen molar-refractivity contribution in [3.8, 4) is 11.3 Å². The maximum atomic E-state index is 12.3. The summed E-state index contributed by atoms with van der Waals surface area (Å²) in [5, 5.41) is 9.30. The lowest BCUT2D eigenvalue weighted by molar-refractivity contribution is -0.117. The summed E-state index contributed by atoms with van der Waals surface area (Å²) in [6.07, 6.45) is 3.79. The van der Waals surface area contributed by atoms with Crippen LogP contribution in [0.15, 0.2) is 58.8 Å². The first-order valence-corrected chi connectivity index (χ1v) is 9.91. The number of pyridine rings is 1. The van der Waals surface area contributed by atoms with E-state index in [2.05, 4.69) is 34.5 Å². The van der Waals surface area contributed by atoms with Gasteiger partial charge < -0.3 is 5.32 Å². The number of aryl methyl sites for hydroxylation is 1. The molecule has 0 radical (unpaired) electrons. The lowest BCUT2D eigenvalue weighted by atomic mass is 10.1. The summed E-state index contributed by atoms with van der Waals surface area (Å²) in [5.74, 6) is -0.343. The van der Waals surface area contributed by atoms with Crippen molar-refractivity contribution in [1.82, 2.24) is 19.2 Å². The van der Waals surface area contributed by atoms with Gasteiger partial charge in [-0.1, -0.05) is 43.7 Å². The number of thiazole rings is 1. The lowest BCUT2D eigenvalue weighted by Gasteiger charge is -2.02. The molecule has 8 heteroatoms. The average Bonchev–Trinajstić information content (AvgIpc) is 3.28. The van der Waals surface area contributed by atoms with Crippen LogP contribution in [0.3, 0.4) is 0 Å². The van der Waals surface area contributed by atoms with Crippen molar-refractivity contribution in [1.29, 1.82) is 0 Å². The summed E-state index contributed by atoms with van der Waals surface area (Å²) in [6, 6.07) is 13.5. The molecule has 4 aromatic rings. The van der Waals surface area contributed by atoms with Crippen LogP contribution in [0.25, 0.3) is 16.9 Å². The van der Waals surface area contributed by atoms with E-state index < -0.39 is 0 Å². The molecule has 0 atom stereocenters. The van der Waals surface area contributed by atoms with Crippen LogP contribution in [-0.4, -0.2) is 25.1 Å². The van der Waals surface area contributed by atoms with Crippen molar-refractivity contribution in [2.45, 2.75) is 26.3 Å². The lowest BCUT2D eigenvalue weighted by Crippen LogP contribution is -2.28. The van der Waals surface area contributed by atoms with E-state index in [9.17, 15) is 9.59 Å². The number of nitrogens with one attached hydrogen (secondary N) is 1. The molecule has 0 aliphatic rings. The highest BCUT2D eigenvalue weighted by Gasteiger charge is 2.12. The minimum absolute atomic E-state index is 0.166. The second-order valence-corrected chi connectivity index (χ2v) is 7.26. The molecule has 1 aromatic carbocycles. The third-order valence-electron chi connectivity index (χ3n) is 4.32. The van der Waals surface area contributed by atoms with Crippen LogP contribution in [0.2, 0.25) is 0 Å². The fourth-order valence-electron chi connectivity index (χ4n) is 2.96. The third kappa shape index (κ3) is 3.72. The number of hydrogen-bond acceptors (Lipinski definition) is 5. The number of amides is 1. The van der Waals surface area contributed by atoms with Gasteiger partial charge >= 0.3 is 5.69 Å². The maximum Gasteiger partial charge on any atom is 0.350 e. The van der Waals surface area contributed by atoms with E-state index in [1.165, 1.54) is 21.3 Å². The molecule has 0 aliphatic carbocycles. The van der Waals surface area contributed by atoms with E-state index in [-0.39, 0.29) is 18.1 Å². The van der Waals surface area contributed by atoms with Gasteiger partial charge in [-0.3, -0.25) is 9.20 Å². The molecular formula is C20H19N5O2S. The highest BCUT2D eigenvalue weighted by Crippen LogP contribution is 2.25. The van der Waals surface area contributed by atoms with Crippen molar-refractivity contribution < 1.29 is 4.79 Å². The molecule has 1 N–H and O–H groups in total. The van der Waals surface area contributed by atoms with Crippen LogP contribution in [-0.2, 0) is 17.8 Å². The average molecular weight is 393 g/mol. The number of nitrogens with zero attached hydrogens (tertiary/aromatic N) is 4. The van der Waals surface area contributed by atoms with Crippen LogP contribution in [0.4, 0.5) is 5.13 Å². The van der Waals surface area contributed by atoms with Crippen molar-refractivity contribution in [3.05, 3.63) is 70.1 Å². The molecule has 0 bridgehead atoms. The second kappa shape index (κ2) is 7.77. The Morgan fingerprint density at radius 3 is 2.75 bits per heavy atom. The molecular weight excluding hydrogens is 374 g/mol. The van der Waals surface area contributed by atoms with Crippen molar-refractivity contribution in [3.63, 3.8) is 0 Å². The number of carbonyl (C=O) groups excluding carboxylic acids is 1. The van der Waals surface area contributed by atoms with Crippen LogP contribution >= 0.6 is 11.3 Å². The fourth-order valence-corrected chi connectivity index (χ4v) is 3.70. The van der Waals surface area contributed by atoms with Gasteiger partial charge in [-0.25, -0.2) is 14.5 Å². The van der Waals surface area contributed by atoms with Gasteiger partial charge in [-0.05, 0) is 24.1 Å². The zero-order valence-corrected chi connectivity index (χ0v) is 16.1. The first-order chi connectivity index (χ1) is 13.6. The standard InChI is InChI=1S/C20H19N5O2S/c1-2-5-14-7-9-15(10-8-14)16-13-28-19(21-16)22-18(26)12-25-20(27)24-11-4-3-6-17(24)23-25/h3-4,6-11,13H,2,5,12H2,1H3,(H,21,22,26). The number of benzene rings is 1. The van der Waals surface area contributed by atoms with Crippen LogP contribution < -0.4 is 11.0 Å². The van der Waals surface area contributed by atoms with Gasteiger partial charge in [0.2, 0.25) is 5.91 Å². The monoisotopic (exact) mass is 393 g/mol. The largest absolute Gasteiger partial charge is 0.350 e. The van der Waals surface area contributed by atoms with Gasteiger partial charge in [0.05, 0.1) is 5.69 Å². The van der Waals surface area contributed by atoms with Gasteiger partial charge in [0.1, 0.15) is 6.54 Å².